The first-order chi connectivity index (χ1) is 7.88. The van der Waals surface area contributed by atoms with Gasteiger partial charge in [0.2, 0.25) is 0 Å². The van der Waals surface area contributed by atoms with Crippen LogP contribution in [0.1, 0.15) is 29.8 Å². The quantitative estimate of drug-likeness (QED) is 0.365. The van der Waals surface area contributed by atoms with Gasteiger partial charge in [-0.2, -0.15) is 0 Å². The number of esters is 1. The zero-order valence-electron chi connectivity index (χ0n) is 10.1. The Morgan fingerprint density at radius 2 is 1.82 bits per heavy atom. The second kappa shape index (κ2) is 5.48. The molecule has 0 amide bonds. The lowest BCUT2D eigenvalue weighted by atomic mass is 10.1. The monoisotopic (exact) mass is 348 g/mol. The number of ketones is 1. The summed E-state index contributed by atoms with van der Waals surface area (Å²) in [7, 11) is 1.54. The second-order valence-electron chi connectivity index (χ2n) is 3.54. The average molecular weight is 348 g/mol. The maximum Gasteiger partial charge on any atom is 0.308 e. The fourth-order valence-corrected chi connectivity index (χ4v) is 2.47. The van der Waals surface area contributed by atoms with E-state index in [1.54, 1.807) is 13.0 Å². The van der Waals surface area contributed by atoms with Crippen molar-refractivity contribution in [2.24, 2.45) is 0 Å². The second-order valence-corrected chi connectivity index (χ2v) is 4.71. The Hall–Kier alpha value is -1.11. The minimum atomic E-state index is -0.459. The summed E-state index contributed by atoms with van der Waals surface area (Å²) >= 11 is 2.08. The zero-order valence-corrected chi connectivity index (χ0v) is 12.2. The Labute approximate surface area is 113 Å². The van der Waals surface area contributed by atoms with Crippen LogP contribution in [0.25, 0.3) is 0 Å². The molecule has 0 aliphatic heterocycles. The number of rotatable bonds is 3. The van der Waals surface area contributed by atoms with Crippen LogP contribution in [0.4, 0.5) is 0 Å². The summed E-state index contributed by atoms with van der Waals surface area (Å²) in [6.07, 6.45) is 0. The zero-order chi connectivity index (χ0) is 13.2. The fourth-order valence-electron chi connectivity index (χ4n) is 1.53. The van der Waals surface area contributed by atoms with Crippen LogP contribution < -0.4 is 9.47 Å². The maximum atomic E-state index is 11.5. The van der Waals surface area contributed by atoms with Crippen molar-refractivity contribution >= 4 is 34.3 Å². The highest BCUT2D eigenvalue weighted by Gasteiger charge is 2.19. The molecule has 0 aromatic heterocycles. The van der Waals surface area contributed by atoms with Crippen molar-refractivity contribution in [2.75, 3.05) is 7.11 Å². The molecular weight excluding hydrogens is 335 g/mol. The van der Waals surface area contributed by atoms with Gasteiger partial charge in [0.05, 0.1) is 16.2 Å². The number of Topliss-reactive ketones (excluding diaryl/α,β-unsaturated/α-hetero) is 1. The van der Waals surface area contributed by atoms with Gasteiger partial charge >= 0.3 is 5.97 Å². The first-order valence-corrected chi connectivity index (χ1v) is 6.02. The molecule has 1 aromatic rings. The molecule has 0 aliphatic rings. The van der Waals surface area contributed by atoms with Gasteiger partial charge in [0.25, 0.3) is 0 Å². The van der Waals surface area contributed by atoms with Crippen molar-refractivity contribution in [3.63, 3.8) is 0 Å². The molecule has 0 N–H and O–H groups in total. The van der Waals surface area contributed by atoms with E-state index in [2.05, 4.69) is 22.6 Å². The number of halogens is 1. The highest BCUT2D eigenvalue weighted by molar-refractivity contribution is 14.1. The van der Waals surface area contributed by atoms with Gasteiger partial charge < -0.3 is 9.47 Å². The van der Waals surface area contributed by atoms with Gasteiger partial charge in [-0.3, -0.25) is 9.59 Å². The van der Waals surface area contributed by atoms with Gasteiger partial charge in [-0.1, -0.05) is 0 Å². The average Bonchev–Trinajstić information content (AvgIpc) is 2.21. The summed E-state index contributed by atoms with van der Waals surface area (Å²) < 4.78 is 11.1. The first-order valence-electron chi connectivity index (χ1n) is 4.95. The number of hydrogen-bond acceptors (Lipinski definition) is 4. The predicted octanol–water partition coefficient (Wildman–Crippen LogP) is 2.74. The number of hydrogen-bond donors (Lipinski definition) is 0. The smallest absolute Gasteiger partial charge is 0.308 e. The van der Waals surface area contributed by atoms with Crippen molar-refractivity contribution in [3.05, 3.63) is 20.8 Å². The van der Waals surface area contributed by atoms with Gasteiger partial charge in [-0.15, -0.1) is 0 Å². The van der Waals surface area contributed by atoms with Crippen molar-refractivity contribution in [2.45, 2.75) is 20.8 Å². The molecule has 4 nitrogen and oxygen atoms in total. The molecular formula is C12H13IO4. The number of benzene rings is 1. The van der Waals surface area contributed by atoms with Crippen LogP contribution in [0.15, 0.2) is 6.07 Å². The Morgan fingerprint density at radius 1 is 1.24 bits per heavy atom. The van der Waals surface area contributed by atoms with Gasteiger partial charge in [0.1, 0.15) is 11.5 Å². The van der Waals surface area contributed by atoms with Crippen LogP contribution in [0, 0.1) is 10.5 Å². The summed E-state index contributed by atoms with van der Waals surface area (Å²) in [6.45, 7) is 4.49. The molecule has 0 spiro atoms. The topological polar surface area (TPSA) is 52.6 Å². The van der Waals surface area contributed by atoms with E-state index in [1.807, 2.05) is 0 Å². The highest BCUT2D eigenvalue weighted by atomic mass is 127. The summed E-state index contributed by atoms with van der Waals surface area (Å²) in [6, 6.07) is 1.66. The maximum absolute atomic E-state index is 11.5. The molecule has 0 fully saturated rings. The molecule has 0 saturated carbocycles. The third-order valence-electron chi connectivity index (χ3n) is 2.24. The van der Waals surface area contributed by atoms with E-state index in [4.69, 9.17) is 9.47 Å². The van der Waals surface area contributed by atoms with Crippen LogP contribution in [0.2, 0.25) is 0 Å². The molecule has 17 heavy (non-hydrogen) atoms. The van der Waals surface area contributed by atoms with E-state index in [0.29, 0.717) is 16.9 Å². The third kappa shape index (κ3) is 2.96. The molecule has 0 unspecified atom stereocenters. The summed E-state index contributed by atoms with van der Waals surface area (Å²) in [5, 5.41) is 0. The molecule has 0 bridgehead atoms. The Bertz CT molecular complexity index is 480. The van der Waals surface area contributed by atoms with E-state index < -0.39 is 5.97 Å². The molecule has 0 atom stereocenters. The molecule has 0 saturated heterocycles. The van der Waals surface area contributed by atoms with Gasteiger partial charge in [0, 0.05) is 12.5 Å². The van der Waals surface area contributed by atoms with E-state index >= 15 is 0 Å². The lowest BCUT2D eigenvalue weighted by Crippen LogP contribution is -2.09. The van der Waals surface area contributed by atoms with Crippen LogP contribution in [0.5, 0.6) is 11.5 Å². The normalized spacial score (nSPS) is 9.94. The van der Waals surface area contributed by atoms with Crippen LogP contribution in [0.3, 0.4) is 0 Å². The van der Waals surface area contributed by atoms with E-state index in [9.17, 15) is 9.59 Å². The van der Waals surface area contributed by atoms with Gasteiger partial charge in [-0.05, 0) is 42.5 Å². The summed E-state index contributed by atoms with van der Waals surface area (Å²) in [5.74, 6) is 0.290. The van der Waals surface area contributed by atoms with Crippen molar-refractivity contribution in [1.82, 2.24) is 0 Å². The molecule has 1 rings (SSSR count). The van der Waals surface area contributed by atoms with E-state index in [0.717, 1.165) is 3.57 Å². The summed E-state index contributed by atoms with van der Waals surface area (Å²) in [4.78, 5) is 22.6. The molecule has 0 heterocycles. The Balaban J connectivity index is 3.50. The van der Waals surface area contributed by atoms with Crippen molar-refractivity contribution in [3.8, 4) is 11.5 Å². The van der Waals surface area contributed by atoms with E-state index in [1.165, 1.54) is 21.0 Å². The lowest BCUT2D eigenvalue weighted by Gasteiger charge is -2.15. The van der Waals surface area contributed by atoms with Gasteiger partial charge in [0.15, 0.2) is 5.78 Å². The minimum absolute atomic E-state index is 0.148. The number of carbonyl (C=O) groups is 2. The SMILES string of the molecule is COc1c(I)cc(C(C)=O)c(OC(C)=O)c1C. The number of methoxy groups -OCH3 is 1. The lowest BCUT2D eigenvalue weighted by molar-refractivity contribution is -0.131. The molecule has 0 radical (unpaired) electrons. The predicted molar refractivity (Wildman–Crippen MR) is 71.8 cm³/mol. The van der Waals surface area contributed by atoms with Gasteiger partial charge in [-0.25, -0.2) is 0 Å². The minimum Gasteiger partial charge on any atom is -0.495 e. The number of carbonyl (C=O) groups excluding carboxylic acids is 2. The largest absolute Gasteiger partial charge is 0.495 e. The standard InChI is InChI=1S/C12H13IO4/c1-6-11(17-8(3)15)9(7(2)14)5-10(13)12(6)16-4/h5H,1-4H3. The third-order valence-corrected chi connectivity index (χ3v) is 3.04. The van der Waals surface area contributed by atoms with Crippen LogP contribution in [-0.2, 0) is 4.79 Å². The highest BCUT2D eigenvalue weighted by Crippen LogP contribution is 2.36. The fraction of sp³-hybridized carbons (Fsp3) is 0.333. The summed E-state index contributed by atoms with van der Waals surface area (Å²) in [5.41, 5.74) is 1.04. The Kier molecular flexibility index (Phi) is 4.50. The molecule has 92 valence electrons. The number of ether oxygens (including phenoxy) is 2. The van der Waals surface area contributed by atoms with Crippen molar-refractivity contribution in [1.29, 1.82) is 0 Å². The molecule has 5 heteroatoms. The first kappa shape index (κ1) is 14.0. The van der Waals surface area contributed by atoms with Crippen LogP contribution >= 0.6 is 22.6 Å². The van der Waals surface area contributed by atoms with Crippen molar-refractivity contribution < 1.29 is 19.1 Å². The van der Waals surface area contributed by atoms with E-state index in [-0.39, 0.29) is 11.5 Å². The molecule has 1 aromatic carbocycles. The Morgan fingerprint density at radius 3 is 2.24 bits per heavy atom. The molecule has 0 aliphatic carbocycles. The van der Waals surface area contributed by atoms with Crippen LogP contribution in [-0.4, -0.2) is 18.9 Å².